The van der Waals surface area contributed by atoms with Crippen LogP contribution in [0.3, 0.4) is 0 Å². The maximum absolute atomic E-state index is 12.9. The number of para-hydroxylation sites is 1. The van der Waals surface area contributed by atoms with Crippen LogP contribution in [0, 0.1) is 5.92 Å². The Morgan fingerprint density at radius 3 is 2.84 bits per heavy atom. The van der Waals surface area contributed by atoms with Crippen molar-refractivity contribution in [2.45, 2.75) is 57.5 Å². The number of amides is 1. The Labute approximate surface area is 147 Å². The van der Waals surface area contributed by atoms with Crippen molar-refractivity contribution in [3.63, 3.8) is 0 Å². The Morgan fingerprint density at radius 2 is 1.92 bits per heavy atom. The van der Waals surface area contributed by atoms with Crippen LogP contribution in [-0.4, -0.2) is 33.2 Å². The summed E-state index contributed by atoms with van der Waals surface area (Å²) in [5.41, 5.74) is 0.733. The predicted molar refractivity (Wildman–Crippen MR) is 97.3 cm³/mol. The van der Waals surface area contributed by atoms with Crippen molar-refractivity contribution < 1.29 is 4.79 Å². The van der Waals surface area contributed by atoms with Crippen molar-refractivity contribution in [3.8, 4) is 0 Å². The molecule has 2 heterocycles. The van der Waals surface area contributed by atoms with Gasteiger partial charge in [0.25, 0.3) is 0 Å². The highest BCUT2D eigenvalue weighted by atomic mass is 16.2. The highest BCUT2D eigenvalue weighted by Crippen LogP contribution is 2.35. The molecule has 132 valence electrons. The van der Waals surface area contributed by atoms with Crippen LogP contribution in [0.25, 0.3) is 10.9 Å². The average Bonchev–Trinajstić information content (AvgIpc) is 2.67. The van der Waals surface area contributed by atoms with Gasteiger partial charge in [-0.2, -0.15) is 5.10 Å². The van der Waals surface area contributed by atoms with E-state index in [0.29, 0.717) is 30.3 Å². The number of piperidine rings is 1. The van der Waals surface area contributed by atoms with Gasteiger partial charge in [-0.1, -0.05) is 25.0 Å². The molecule has 1 aromatic carbocycles. The standard InChI is InChI=1S/C20H25N3O2/c24-19-14-21-23(18-10-4-2-8-16(18)19)13-11-20(25)22-12-5-7-15-6-1-3-9-17(15)22/h2,4,8,10,14-15,17H,1,3,5-7,9,11-13H2/t15-,17+/m0/s1. The first-order valence-electron chi connectivity index (χ1n) is 9.48. The number of likely N-dealkylation sites (tertiary alicyclic amines) is 1. The number of benzene rings is 1. The van der Waals surface area contributed by atoms with Crippen LogP contribution in [0.2, 0.25) is 0 Å². The molecule has 0 spiro atoms. The number of hydrogen-bond acceptors (Lipinski definition) is 3. The molecule has 0 N–H and O–H groups in total. The van der Waals surface area contributed by atoms with E-state index in [2.05, 4.69) is 10.00 Å². The van der Waals surface area contributed by atoms with Crippen LogP contribution in [0.15, 0.2) is 35.3 Å². The lowest BCUT2D eigenvalue weighted by molar-refractivity contribution is -0.137. The zero-order valence-corrected chi connectivity index (χ0v) is 14.6. The van der Waals surface area contributed by atoms with Gasteiger partial charge in [-0.15, -0.1) is 0 Å². The zero-order valence-electron chi connectivity index (χ0n) is 14.6. The van der Waals surface area contributed by atoms with Gasteiger partial charge in [0.2, 0.25) is 11.3 Å². The summed E-state index contributed by atoms with van der Waals surface area (Å²) in [6, 6.07) is 7.92. The minimum Gasteiger partial charge on any atom is -0.339 e. The smallest absolute Gasteiger partial charge is 0.224 e. The van der Waals surface area contributed by atoms with Gasteiger partial charge < -0.3 is 4.90 Å². The first kappa shape index (κ1) is 16.3. The third kappa shape index (κ3) is 3.20. The van der Waals surface area contributed by atoms with Crippen LogP contribution in [0.5, 0.6) is 0 Å². The molecular weight excluding hydrogens is 314 g/mol. The summed E-state index contributed by atoms with van der Waals surface area (Å²) in [6.45, 7) is 1.42. The van der Waals surface area contributed by atoms with E-state index in [4.69, 9.17) is 0 Å². The van der Waals surface area contributed by atoms with Crippen molar-refractivity contribution in [2.24, 2.45) is 5.92 Å². The monoisotopic (exact) mass is 339 g/mol. The summed E-state index contributed by atoms with van der Waals surface area (Å²) < 4.78 is 1.79. The van der Waals surface area contributed by atoms with E-state index in [1.54, 1.807) is 4.68 Å². The van der Waals surface area contributed by atoms with Crippen molar-refractivity contribution in [3.05, 3.63) is 40.7 Å². The molecule has 1 aromatic heterocycles. The van der Waals surface area contributed by atoms with E-state index < -0.39 is 0 Å². The third-order valence-corrected chi connectivity index (χ3v) is 5.86. The van der Waals surface area contributed by atoms with Gasteiger partial charge in [-0.05, 0) is 43.7 Å². The molecule has 1 saturated heterocycles. The highest BCUT2D eigenvalue weighted by Gasteiger charge is 2.35. The average molecular weight is 339 g/mol. The molecule has 4 rings (SSSR count). The molecule has 1 aliphatic heterocycles. The molecule has 0 radical (unpaired) electrons. The number of aryl methyl sites for hydroxylation is 1. The van der Waals surface area contributed by atoms with Gasteiger partial charge in [-0.3, -0.25) is 14.3 Å². The molecule has 0 unspecified atom stereocenters. The lowest BCUT2D eigenvalue weighted by atomic mass is 9.78. The van der Waals surface area contributed by atoms with Crippen LogP contribution in [0.4, 0.5) is 0 Å². The van der Waals surface area contributed by atoms with E-state index in [-0.39, 0.29) is 11.3 Å². The molecule has 0 bridgehead atoms. The lowest BCUT2D eigenvalue weighted by Gasteiger charge is -2.44. The predicted octanol–water partition coefficient (Wildman–Crippen LogP) is 2.97. The van der Waals surface area contributed by atoms with Gasteiger partial charge in [0.1, 0.15) is 0 Å². The molecular formula is C20H25N3O2. The molecule has 2 fully saturated rings. The molecule has 5 nitrogen and oxygen atoms in total. The Balaban J connectivity index is 1.49. The van der Waals surface area contributed by atoms with Crippen LogP contribution < -0.4 is 5.43 Å². The van der Waals surface area contributed by atoms with Gasteiger partial charge in [-0.25, -0.2) is 0 Å². The topological polar surface area (TPSA) is 55.2 Å². The number of aromatic nitrogens is 2. The zero-order chi connectivity index (χ0) is 17.2. The Hall–Kier alpha value is -2.17. The highest BCUT2D eigenvalue weighted by molar-refractivity contribution is 5.79. The maximum atomic E-state index is 12.9. The molecule has 25 heavy (non-hydrogen) atoms. The fraction of sp³-hybridized carbons (Fsp3) is 0.550. The van der Waals surface area contributed by atoms with E-state index in [9.17, 15) is 9.59 Å². The van der Waals surface area contributed by atoms with Crippen molar-refractivity contribution in [2.75, 3.05) is 6.54 Å². The number of hydrogen-bond donors (Lipinski definition) is 0. The number of nitrogens with zero attached hydrogens (tertiary/aromatic N) is 3. The largest absolute Gasteiger partial charge is 0.339 e. The Bertz CT molecular complexity index is 827. The third-order valence-electron chi connectivity index (χ3n) is 5.86. The molecule has 1 saturated carbocycles. The fourth-order valence-corrected chi connectivity index (χ4v) is 4.62. The van der Waals surface area contributed by atoms with Crippen molar-refractivity contribution >= 4 is 16.8 Å². The quantitative estimate of drug-likeness (QED) is 0.864. The van der Waals surface area contributed by atoms with E-state index in [0.717, 1.165) is 24.9 Å². The molecule has 5 heteroatoms. The number of carbonyl (C=O) groups excluding carboxylic acids is 1. The summed E-state index contributed by atoms with van der Waals surface area (Å²) >= 11 is 0. The second-order valence-electron chi connectivity index (χ2n) is 7.34. The normalized spacial score (nSPS) is 23.4. The number of fused-ring (bicyclic) bond motifs is 2. The van der Waals surface area contributed by atoms with Crippen LogP contribution in [-0.2, 0) is 11.3 Å². The van der Waals surface area contributed by atoms with Gasteiger partial charge in [0.05, 0.1) is 18.3 Å². The summed E-state index contributed by atoms with van der Waals surface area (Å²) in [4.78, 5) is 26.9. The van der Waals surface area contributed by atoms with E-state index in [1.807, 2.05) is 24.3 Å². The second kappa shape index (κ2) is 6.98. The van der Waals surface area contributed by atoms with Crippen molar-refractivity contribution in [1.82, 2.24) is 14.7 Å². The van der Waals surface area contributed by atoms with Gasteiger partial charge >= 0.3 is 0 Å². The maximum Gasteiger partial charge on any atom is 0.224 e. The summed E-state index contributed by atoms with van der Waals surface area (Å²) in [7, 11) is 0. The minimum atomic E-state index is -0.0701. The lowest BCUT2D eigenvalue weighted by Crippen LogP contribution is -2.49. The first-order chi connectivity index (χ1) is 12.2. The second-order valence-corrected chi connectivity index (χ2v) is 7.34. The summed E-state index contributed by atoms with van der Waals surface area (Å²) in [5.74, 6) is 0.944. The SMILES string of the molecule is O=C(CCn1ncc(=O)c2ccccc21)N1CCC[C@@H]2CCCC[C@H]21. The molecule has 1 amide bonds. The van der Waals surface area contributed by atoms with E-state index >= 15 is 0 Å². The van der Waals surface area contributed by atoms with E-state index in [1.165, 1.54) is 31.9 Å². The minimum absolute atomic E-state index is 0.0701. The van der Waals surface area contributed by atoms with Gasteiger partial charge in [0, 0.05) is 24.4 Å². The first-order valence-corrected chi connectivity index (χ1v) is 9.48. The molecule has 2 aliphatic rings. The molecule has 2 aromatic rings. The van der Waals surface area contributed by atoms with Crippen molar-refractivity contribution in [1.29, 1.82) is 0 Å². The molecule has 1 aliphatic carbocycles. The van der Waals surface area contributed by atoms with Gasteiger partial charge in [0.15, 0.2) is 0 Å². The van der Waals surface area contributed by atoms with Crippen LogP contribution in [0.1, 0.15) is 44.9 Å². The fourth-order valence-electron chi connectivity index (χ4n) is 4.62. The number of carbonyl (C=O) groups is 1. The van der Waals surface area contributed by atoms with Crippen LogP contribution >= 0.6 is 0 Å². The summed E-state index contributed by atoms with van der Waals surface area (Å²) in [6.07, 6.45) is 9.21. The molecule has 2 atom stereocenters. The Kier molecular flexibility index (Phi) is 4.55. The number of rotatable bonds is 3. The summed E-state index contributed by atoms with van der Waals surface area (Å²) in [5, 5.41) is 4.90. The Morgan fingerprint density at radius 1 is 1.12 bits per heavy atom.